The van der Waals surface area contributed by atoms with Crippen molar-refractivity contribution < 1.29 is 13.9 Å². The summed E-state index contributed by atoms with van der Waals surface area (Å²) in [5.41, 5.74) is 0.974. The van der Waals surface area contributed by atoms with E-state index in [1.54, 1.807) is 30.3 Å². The maximum absolute atomic E-state index is 13.2. The molecule has 0 fully saturated rings. The summed E-state index contributed by atoms with van der Waals surface area (Å²) in [6.45, 7) is 4.02. The molecule has 0 radical (unpaired) electrons. The minimum absolute atomic E-state index is 0.0103. The Balaban J connectivity index is 1.96. The molecule has 0 bridgehead atoms. The van der Waals surface area contributed by atoms with E-state index in [-0.39, 0.29) is 30.4 Å². The molecule has 1 heterocycles. The standard InChI is InChI=1S/C20H19FN2O3/c1-13(2)19-22-18-11-16(26-12-14-4-3-5-15(21)10-14)6-7-17(18)20(25)23(19)8-9-24/h3-7,9-11,13H,8,12H2,1-2H3. The van der Waals surface area contributed by atoms with Crippen LogP contribution in [-0.2, 0) is 17.9 Å². The van der Waals surface area contributed by atoms with Crippen molar-refractivity contribution in [2.75, 3.05) is 0 Å². The summed E-state index contributed by atoms with van der Waals surface area (Å²) in [6.07, 6.45) is 0.692. The van der Waals surface area contributed by atoms with E-state index in [9.17, 15) is 14.0 Å². The summed E-state index contributed by atoms with van der Waals surface area (Å²) in [5, 5.41) is 0.425. The summed E-state index contributed by atoms with van der Waals surface area (Å²) in [7, 11) is 0. The summed E-state index contributed by atoms with van der Waals surface area (Å²) in [6, 6.07) is 11.2. The average molecular weight is 354 g/mol. The van der Waals surface area contributed by atoms with Crippen molar-refractivity contribution in [3.63, 3.8) is 0 Å². The third kappa shape index (κ3) is 3.64. The minimum Gasteiger partial charge on any atom is -0.489 e. The van der Waals surface area contributed by atoms with Crippen molar-refractivity contribution in [2.24, 2.45) is 0 Å². The lowest BCUT2D eigenvalue weighted by atomic mass is 10.1. The van der Waals surface area contributed by atoms with Crippen molar-refractivity contribution in [1.82, 2.24) is 9.55 Å². The molecule has 0 unspecified atom stereocenters. The van der Waals surface area contributed by atoms with Crippen LogP contribution in [0.4, 0.5) is 4.39 Å². The van der Waals surface area contributed by atoms with Crippen LogP contribution >= 0.6 is 0 Å². The van der Waals surface area contributed by atoms with Crippen LogP contribution in [0.1, 0.15) is 31.2 Å². The highest BCUT2D eigenvalue weighted by molar-refractivity contribution is 5.79. The molecular formula is C20H19FN2O3. The highest BCUT2D eigenvalue weighted by atomic mass is 19.1. The van der Waals surface area contributed by atoms with E-state index in [0.29, 0.717) is 34.3 Å². The molecule has 6 heteroatoms. The summed E-state index contributed by atoms with van der Waals surface area (Å²) in [4.78, 5) is 28.1. The van der Waals surface area contributed by atoms with Crippen LogP contribution in [0.5, 0.6) is 5.75 Å². The lowest BCUT2D eigenvalue weighted by molar-refractivity contribution is -0.108. The first-order chi connectivity index (χ1) is 12.5. The maximum Gasteiger partial charge on any atom is 0.261 e. The van der Waals surface area contributed by atoms with Crippen molar-refractivity contribution in [1.29, 1.82) is 0 Å². The Hall–Kier alpha value is -3.02. The predicted molar refractivity (Wildman–Crippen MR) is 96.9 cm³/mol. The fourth-order valence-corrected chi connectivity index (χ4v) is 2.79. The first kappa shape index (κ1) is 17.8. The zero-order valence-corrected chi connectivity index (χ0v) is 14.6. The number of rotatable bonds is 6. The molecule has 0 atom stereocenters. The lowest BCUT2D eigenvalue weighted by Gasteiger charge is -2.14. The molecule has 26 heavy (non-hydrogen) atoms. The summed E-state index contributed by atoms with van der Waals surface area (Å²) in [5.74, 6) is 0.765. The maximum atomic E-state index is 13.2. The van der Waals surface area contributed by atoms with E-state index < -0.39 is 0 Å². The molecular weight excluding hydrogens is 335 g/mol. The third-order valence-corrected chi connectivity index (χ3v) is 4.02. The molecule has 0 aliphatic carbocycles. The molecule has 1 aromatic heterocycles. The van der Waals surface area contributed by atoms with Crippen molar-refractivity contribution in [2.45, 2.75) is 32.9 Å². The fraction of sp³-hybridized carbons (Fsp3) is 0.250. The van der Waals surface area contributed by atoms with Gasteiger partial charge in [0, 0.05) is 12.0 Å². The Morgan fingerprint density at radius 1 is 1.23 bits per heavy atom. The number of carbonyl (C=O) groups excluding carboxylic acids is 1. The Bertz CT molecular complexity index is 1010. The van der Waals surface area contributed by atoms with Gasteiger partial charge < -0.3 is 9.53 Å². The first-order valence-electron chi connectivity index (χ1n) is 8.35. The number of carbonyl (C=O) groups is 1. The van der Waals surface area contributed by atoms with Gasteiger partial charge in [0.05, 0.1) is 17.4 Å². The van der Waals surface area contributed by atoms with E-state index in [4.69, 9.17) is 4.74 Å². The monoisotopic (exact) mass is 354 g/mol. The molecule has 3 aromatic rings. The Kier molecular flexibility index (Phi) is 5.11. The molecule has 0 aliphatic rings. The van der Waals surface area contributed by atoms with E-state index >= 15 is 0 Å². The smallest absolute Gasteiger partial charge is 0.261 e. The number of ether oxygens (including phenoxy) is 1. The Morgan fingerprint density at radius 2 is 2.04 bits per heavy atom. The van der Waals surface area contributed by atoms with Crippen LogP contribution in [0.25, 0.3) is 10.9 Å². The van der Waals surface area contributed by atoms with Crippen LogP contribution in [0.3, 0.4) is 0 Å². The highest BCUT2D eigenvalue weighted by Crippen LogP contribution is 2.21. The van der Waals surface area contributed by atoms with Crippen LogP contribution in [0, 0.1) is 5.82 Å². The fourth-order valence-electron chi connectivity index (χ4n) is 2.79. The van der Waals surface area contributed by atoms with Gasteiger partial charge in [0.1, 0.15) is 30.3 Å². The van der Waals surface area contributed by atoms with E-state index in [1.807, 2.05) is 13.8 Å². The first-order valence-corrected chi connectivity index (χ1v) is 8.35. The lowest BCUT2D eigenvalue weighted by Crippen LogP contribution is -2.26. The molecule has 0 saturated heterocycles. The number of aldehydes is 1. The molecule has 0 spiro atoms. The number of fused-ring (bicyclic) bond motifs is 1. The van der Waals surface area contributed by atoms with Gasteiger partial charge in [-0.1, -0.05) is 26.0 Å². The largest absolute Gasteiger partial charge is 0.489 e. The van der Waals surface area contributed by atoms with Crippen molar-refractivity contribution in [3.8, 4) is 5.75 Å². The molecule has 2 aromatic carbocycles. The molecule has 3 rings (SSSR count). The molecule has 0 N–H and O–H groups in total. The van der Waals surface area contributed by atoms with Crippen LogP contribution in [0.15, 0.2) is 47.3 Å². The highest BCUT2D eigenvalue weighted by Gasteiger charge is 2.14. The van der Waals surface area contributed by atoms with Gasteiger partial charge in [0.15, 0.2) is 0 Å². The SMILES string of the molecule is CC(C)c1nc2cc(OCc3cccc(F)c3)ccc2c(=O)n1CC=O. The van der Waals surface area contributed by atoms with Gasteiger partial charge in [-0.25, -0.2) is 9.37 Å². The van der Waals surface area contributed by atoms with E-state index in [1.165, 1.54) is 16.7 Å². The number of benzene rings is 2. The van der Waals surface area contributed by atoms with Crippen LogP contribution in [0.2, 0.25) is 0 Å². The second-order valence-electron chi connectivity index (χ2n) is 6.30. The van der Waals surface area contributed by atoms with Gasteiger partial charge in [-0.15, -0.1) is 0 Å². The number of aromatic nitrogens is 2. The topological polar surface area (TPSA) is 61.2 Å². The van der Waals surface area contributed by atoms with Crippen molar-refractivity contribution in [3.05, 3.63) is 70.0 Å². The molecule has 0 amide bonds. The van der Waals surface area contributed by atoms with E-state index in [0.717, 1.165) is 0 Å². The minimum atomic E-state index is -0.316. The zero-order chi connectivity index (χ0) is 18.7. The normalized spacial score (nSPS) is 11.1. The summed E-state index contributed by atoms with van der Waals surface area (Å²) < 4.78 is 20.3. The van der Waals surface area contributed by atoms with Crippen LogP contribution < -0.4 is 10.3 Å². The van der Waals surface area contributed by atoms with Gasteiger partial charge in [0.2, 0.25) is 0 Å². The third-order valence-electron chi connectivity index (χ3n) is 4.02. The summed E-state index contributed by atoms with van der Waals surface area (Å²) >= 11 is 0. The Labute approximate surface area is 150 Å². The van der Waals surface area contributed by atoms with Gasteiger partial charge in [-0.3, -0.25) is 9.36 Å². The molecule has 134 valence electrons. The number of halogens is 1. The van der Waals surface area contributed by atoms with Gasteiger partial charge in [-0.2, -0.15) is 0 Å². The number of hydrogen-bond acceptors (Lipinski definition) is 4. The Morgan fingerprint density at radius 3 is 2.73 bits per heavy atom. The van der Waals surface area contributed by atoms with Crippen molar-refractivity contribution >= 4 is 17.2 Å². The molecule has 5 nitrogen and oxygen atoms in total. The van der Waals surface area contributed by atoms with Crippen LogP contribution in [-0.4, -0.2) is 15.8 Å². The second kappa shape index (κ2) is 7.47. The van der Waals surface area contributed by atoms with Gasteiger partial charge in [-0.05, 0) is 29.8 Å². The number of nitrogens with zero attached hydrogens (tertiary/aromatic N) is 2. The molecule has 0 saturated carbocycles. The second-order valence-corrected chi connectivity index (χ2v) is 6.30. The average Bonchev–Trinajstić information content (AvgIpc) is 2.62. The zero-order valence-electron chi connectivity index (χ0n) is 14.6. The quantitative estimate of drug-likeness (QED) is 0.636. The van der Waals surface area contributed by atoms with Gasteiger partial charge >= 0.3 is 0 Å². The number of hydrogen-bond donors (Lipinski definition) is 0. The predicted octanol–water partition coefficient (Wildman–Crippen LogP) is 3.44. The van der Waals surface area contributed by atoms with E-state index in [2.05, 4.69) is 4.98 Å². The van der Waals surface area contributed by atoms with Gasteiger partial charge in [0.25, 0.3) is 5.56 Å². The molecule has 0 aliphatic heterocycles.